The fourth-order valence-electron chi connectivity index (χ4n) is 0.636. The first-order valence-electron chi connectivity index (χ1n) is 3.47. The van der Waals surface area contributed by atoms with Crippen LogP contribution in [0.15, 0.2) is 12.4 Å². The van der Waals surface area contributed by atoms with Gasteiger partial charge in [-0.3, -0.25) is 4.79 Å². The largest absolute Gasteiger partial charge is 0.412 e. The fraction of sp³-hybridized carbons (Fsp3) is 0. The van der Waals surface area contributed by atoms with Gasteiger partial charge in [0.2, 0.25) is 0 Å². The summed E-state index contributed by atoms with van der Waals surface area (Å²) in [5.74, 6) is 4.64. The van der Waals surface area contributed by atoms with Crippen LogP contribution in [0.25, 0.3) is 0 Å². The monoisotopic (exact) mass is 191 g/mol. The highest BCUT2D eigenvalue weighted by atomic mass is 16.6. The molecule has 2 N–H and O–H groups in total. The van der Waals surface area contributed by atoms with E-state index in [0.29, 0.717) is 11.8 Å². The number of nitrogens with two attached hydrogens (primary N) is 1. The molecular weight excluding hydrogens is 186 g/mol. The minimum atomic E-state index is -0.989. The highest BCUT2D eigenvalue weighted by Gasteiger charge is 2.00. The van der Waals surface area contributed by atoms with Crippen molar-refractivity contribution in [2.24, 2.45) is 5.73 Å². The molecule has 0 radical (unpaired) electrons. The first kappa shape index (κ1) is 9.67. The highest BCUT2D eigenvalue weighted by Crippen LogP contribution is 2.00. The molecule has 0 aliphatic carbocycles. The maximum Gasteiger partial charge on any atom is 0.412 e. The van der Waals surface area contributed by atoms with Crippen LogP contribution in [0.2, 0.25) is 0 Å². The molecule has 6 heteroatoms. The number of nitrogens with zero attached hydrogens (tertiary/aromatic N) is 2. The van der Waals surface area contributed by atoms with E-state index in [1.807, 2.05) is 0 Å². The zero-order chi connectivity index (χ0) is 10.4. The van der Waals surface area contributed by atoms with Gasteiger partial charge in [0.25, 0.3) is 0 Å². The molecule has 0 spiro atoms. The van der Waals surface area contributed by atoms with Gasteiger partial charge >= 0.3 is 12.1 Å². The zero-order valence-electron chi connectivity index (χ0n) is 6.93. The number of carbonyl (C=O) groups is 2. The van der Waals surface area contributed by atoms with Crippen molar-refractivity contribution < 1.29 is 14.3 Å². The van der Waals surface area contributed by atoms with E-state index in [1.54, 1.807) is 0 Å². The predicted molar refractivity (Wildman–Crippen MR) is 45.2 cm³/mol. The van der Waals surface area contributed by atoms with Crippen LogP contribution in [-0.4, -0.2) is 22.3 Å². The third-order valence-electron chi connectivity index (χ3n) is 1.10. The van der Waals surface area contributed by atoms with Gasteiger partial charge in [-0.05, 0) is 5.92 Å². The first-order valence-corrected chi connectivity index (χ1v) is 3.47. The zero-order valence-corrected chi connectivity index (χ0v) is 6.93. The van der Waals surface area contributed by atoms with Gasteiger partial charge in [-0.15, -0.1) is 0 Å². The number of primary amides is 1. The van der Waals surface area contributed by atoms with E-state index in [4.69, 9.17) is 5.73 Å². The second-order valence-electron chi connectivity index (χ2n) is 2.06. The molecule has 6 nitrogen and oxygen atoms in total. The Morgan fingerprint density at radius 3 is 2.64 bits per heavy atom. The molecule has 0 unspecified atom stereocenters. The van der Waals surface area contributed by atoms with Crippen molar-refractivity contribution >= 4 is 12.4 Å². The molecule has 1 aromatic heterocycles. The van der Waals surface area contributed by atoms with Crippen molar-refractivity contribution in [1.82, 2.24) is 9.97 Å². The minimum Gasteiger partial charge on any atom is -0.374 e. The summed E-state index contributed by atoms with van der Waals surface area (Å²) < 4.78 is 4.37. The van der Waals surface area contributed by atoms with Crippen LogP contribution in [0.4, 0.5) is 4.79 Å². The quantitative estimate of drug-likeness (QED) is 0.476. The fourth-order valence-corrected chi connectivity index (χ4v) is 0.636. The maximum atomic E-state index is 10.3. The molecule has 0 saturated heterocycles. The molecule has 1 heterocycles. The van der Waals surface area contributed by atoms with E-state index in [2.05, 4.69) is 26.5 Å². The summed E-state index contributed by atoms with van der Waals surface area (Å²) >= 11 is 0. The van der Waals surface area contributed by atoms with Crippen LogP contribution in [0.1, 0.15) is 5.56 Å². The summed E-state index contributed by atoms with van der Waals surface area (Å²) in [6.45, 7) is 0. The number of hydrogen-bond acceptors (Lipinski definition) is 5. The standard InChI is InChI=1S/C8H5N3O3/c9-7(13)14-8-10-4-6(5-11-8)2-1-3-12/h3-5H,(H2,9,13). The third-order valence-corrected chi connectivity index (χ3v) is 1.10. The summed E-state index contributed by atoms with van der Waals surface area (Å²) in [6.07, 6.45) is 2.08. The van der Waals surface area contributed by atoms with Crippen LogP contribution in [0.3, 0.4) is 0 Å². The van der Waals surface area contributed by atoms with Gasteiger partial charge in [-0.25, -0.2) is 14.8 Å². The Balaban J connectivity index is 2.78. The Hall–Kier alpha value is -2.42. The van der Waals surface area contributed by atoms with Crippen LogP contribution in [-0.2, 0) is 4.79 Å². The average Bonchev–Trinajstić information content (AvgIpc) is 2.16. The lowest BCUT2D eigenvalue weighted by Gasteiger charge is -1.96. The molecule has 0 fully saturated rings. The van der Waals surface area contributed by atoms with E-state index >= 15 is 0 Å². The van der Waals surface area contributed by atoms with E-state index in [1.165, 1.54) is 12.4 Å². The summed E-state index contributed by atoms with van der Waals surface area (Å²) in [4.78, 5) is 27.4. The molecule has 0 bridgehead atoms. The van der Waals surface area contributed by atoms with Gasteiger partial charge in [0, 0.05) is 12.4 Å². The van der Waals surface area contributed by atoms with E-state index in [0.717, 1.165) is 0 Å². The smallest absolute Gasteiger partial charge is 0.374 e. The lowest BCUT2D eigenvalue weighted by molar-refractivity contribution is -0.103. The van der Waals surface area contributed by atoms with Gasteiger partial charge in [0.05, 0.1) is 5.56 Å². The van der Waals surface area contributed by atoms with E-state index < -0.39 is 6.09 Å². The van der Waals surface area contributed by atoms with E-state index in [-0.39, 0.29) is 6.01 Å². The van der Waals surface area contributed by atoms with Gasteiger partial charge in [0.15, 0.2) is 6.29 Å². The summed E-state index contributed by atoms with van der Waals surface area (Å²) in [6, 6.07) is -0.158. The van der Waals surface area contributed by atoms with Crippen LogP contribution >= 0.6 is 0 Å². The Morgan fingerprint density at radius 2 is 2.14 bits per heavy atom. The lowest BCUT2D eigenvalue weighted by atomic mass is 10.3. The third kappa shape index (κ3) is 2.91. The lowest BCUT2D eigenvalue weighted by Crippen LogP contribution is -2.17. The van der Waals surface area contributed by atoms with Crippen LogP contribution < -0.4 is 10.5 Å². The van der Waals surface area contributed by atoms with Gasteiger partial charge < -0.3 is 10.5 Å². The molecule has 14 heavy (non-hydrogen) atoms. The number of aldehydes is 1. The highest BCUT2D eigenvalue weighted by molar-refractivity contribution is 5.73. The maximum absolute atomic E-state index is 10.3. The SMILES string of the molecule is NC(=O)Oc1ncc(C#CC=O)cn1. The van der Waals surface area contributed by atoms with Crippen molar-refractivity contribution in [3.63, 3.8) is 0 Å². The van der Waals surface area contributed by atoms with Crippen LogP contribution in [0.5, 0.6) is 6.01 Å². The number of hydrogen-bond donors (Lipinski definition) is 1. The molecule has 0 atom stereocenters. The Kier molecular flexibility index (Phi) is 3.15. The summed E-state index contributed by atoms with van der Waals surface area (Å²) in [5.41, 5.74) is 5.17. The molecule has 1 rings (SSSR count). The van der Waals surface area contributed by atoms with Gasteiger partial charge in [-0.2, -0.15) is 0 Å². The Morgan fingerprint density at radius 1 is 1.50 bits per heavy atom. The first-order chi connectivity index (χ1) is 6.72. The molecule has 0 aromatic carbocycles. The summed E-state index contributed by atoms with van der Waals surface area (Å²) in [5, 5.41) is 0. The van der Waals surface area contributed by atoms with Crippen molar-refractivity contribution in [1.29, 1.82) is 0 Å². The normalized spacial score (nSPS) is 8.29. The van der Waals surface area contributed by atoms with Crippen molar-refractivity contribution in [2.45, 2.75) is 0 Å². The Labute approximate surface area is 79.1 Å². The minimum absolute atomic E-state index is 0.158. The topological polar surface area (TPSA) is 95.2 Å². The van der Waals surface area contributed by atoms with E-state index in [9.17, 15) is 9.59 Å². The number of ether oxygens (including phenoxy) is 1. The number of amides is 1. The second kappa shape index (κ2) is 4.57. The Bertz CT molecular complexity index is 402. The molecule has 0 saturated carbocycles. The molecule has 70 valence electrons. The van der Waals surface area contributed by atoms with Crippen molar-refractivity contribution in [2.75, 3.05) is 0 Å². The van der Waals surface area contributed by atoms with Crippen LogP contribution in [0, 0.1) is 11.8 Å². The van der Waals surface area contributed by atoms with Gasteiger partial charge in [0.1, 0.15) is 0 Å². The van der Waals surface area contributed by atoms with Crippen molar-refractivity contribution in [3.8, 4) is 17.9 Å². The molecule has 1 amide bonds. The molecule has 0 aliphatic rings. The predicted octanol–water partition coefficient (Wildman–Crippen LogP) is -0.515. The number of rotatable bonds is 1. The van der Waals surface area contributed by atoms with Crippen molar-refractivity contribution in [3.05, 3.63) is 18.0 Å². The number of aromatic nitrogens is 2. The average molecular weight is 191 g/mol. The van der Waals surface area contributed by atoms with Gasteiger partial charge in [-0.1, -0.05) is 5.92 Å². The number of carbonyl (C=O) groups excluding carboxylic acids is 2. The second-order valence-corrected chi connectivity index (χ2v) is 2.06. The molecule has 1 aromatic rings. The molecular formula is C8H5N3O3. The molecule has 0 aliphatic heterocycles. The summed E-state index contributed by atoms with van der Waals surface area (Å²) in [7, 11) is 0.